The van der Waals surface area contributed by atoms with E-state index in [1.165, 1.54) is 46.2 Å². The van der Waals surface area contributed by atoms with Gasteiger partial charge in [0.15, 0.2) is 0 Å². The molecule has 1 heteroatoms. The fourth-order valence-electron chi connectivity index (χ4n) is 3.30. The van der Waals surface area contributed by atoms with Gasteiger partial charge in [-0.3, -0.25) is 0 Å². The van der Waals surface area contributed by atoms with Crippen LogP contribution < -0.4 is 4.74 Å². The molecule has 113 valence electrons. The molecule has 0 fully saturated rings. The number of methoxy groups -OCH3 is 1. The van der Waals surface area contributed by atoms with Crippen molar-refractivity contribution in [1.29, 1.82) is 0 Å². The Hall–Kier alpha value is -2.02. The molecule has 1 nitrogen and oxygen atoms in total. The van der Waals surface area contributed by atoms with Crippen LogP contribution in [0.3, 0.4) is 0 Å². The fourth-order valence-corrected chi connectivity index (χ4v) is 3.30. The van der Waals surface area contributed by atoms with Crippen LogP contribution in [-0.4, -0.2) is 7.11 Å². The molecule has 3 rings (SSSR count). The summed E-state index contributed by atoms with van der Waals surface area (Å²) in [6, 6.07) is 14.9. The molecule has 22 heavy (non-hydrogen) atoms. The smallest absolute Gasteiger partial charge is 0.127 e. The lowest BCUT2D eigenvalue weighted by atomic mass is 9.90. The van der Waals surface area contributed by atoms with Crippen LogP contribution in [0.1, 0.15) is 44.2 Å². The zero-order valence-electron chi connectivity index (χ0n) is 13.6. The third-order valence-electron chi connectivity index (χ3n) is 4.41. The first kappa shape index (κ1) is 14.9. The van der Waals surface area contributed by atoms with Crippen LogP contribution in [-0.2, 0) is 0 Å². The molecule has 1 radical (unpaired) electrons. The molecule has 1 aliphatic rings. The Morgan fingerprint density at radius 1 is 0.955 bits per heavy atom. The van der Waals surface area contributed by atoms with Gasteiger partial charge in [-0.15, -0.1) is 0 Å². The summed E-state index contributed by atoms with van der Waals surface area (Å²) in [5.41, 5.74) is 8.04. The van der Waals surface area contributed by atoms with Crippen molar-refractivity contribution < 1.29 is 4.74 Å². The third kappa shape index (κ3) is 2.56. The predicted octanol–water partition coefficient (Wildman–Crippen LogP) is 5.89. The largest absolute Gasteiger partial charge is 0.496 e. The highest BCUT2D eigenvalue weighted by molar-refractivity contribution is 5.92. The molecule has 0 amide bonds. The Bertz CT molecular complexity index is 695. The Kier molecular flexibility index (Phi) is 4.33. The minimum Gasteiger partial charge on any atom is -0.496 e. The van der Waals surface area contributed by atoms with Crippen molar-refractivity contribution in [3.8, 4) is 16.9 Å². The number of hydrogen-bond acceptors (Lipinski definition) is 1. The van der Waals surface area contributed by atoms with Crippen LogP contribution in [0.2, 0.25) is 0 Å². The summed E-state index contributed by atoms with van der Waals surface area (Å²) in [7, 11) is 1.76. The van der Waals surface area contributed by atoms with Crippen molar-refractivity contribution in [3.05, 3.63) is 65.6 Å². The van der Waals surface area contributed by atoms with Gasteiger partial charge in [0.05, 0.1) is 7.11 Å². The highest BCUT2D eigenvalue weighted by Crippen LogP contribution is 2.46. The van der Waals surface area contributed by atoms with Gasteiger partial charge in [0.2, 0.25) is 0 Å². The van der Waals surface area contributed by atoms with Gasteiger partial charge in [-0.2, -0.15) is 0 Å². The normalized spacial score (nSPS) is 13.4. The molecule has 2 aromatic carbocycles. The number of fused-ring (bicyclic) bond motifs is 1. The number of rotatable bonds is 5. The lowest BCUT2D eigenvalue weighted by Crippen LogP contribution is -1.95. The molecule has 0 saturated heterocycles. The van der Waals surface area contributed by atoms with E-state index in [-0.39, 0.29) is 0 Å². The van der Waals surface area contributed by atoms with Crippen molar-refractivity contribution in [2.75, 3.05) is 7.11 Å². The van der Waals surface area contributed by atoms with Crippen molar-refractivity contribution >= 4 is 5.57 Å². The number of hydrogen-bond donors (Lipinski definition) is 0. The van der Waals surface area contributed by atoms with Crippen molar-refractivity contribution in [1.82, 2.24) is 0 Å². The van der Waals surface area contributed by atoms with Gasteiger partial charge in [0, 0.05) is 12.0 Å². The first-order chi connectivity index (χ1) is 10.8. The number of allylic oxidation sites excluding steroid dienone is 2. The molecular weight excluding hydrogens is 268 g/mol. The van der Waals surface area contributed by atoms with Crippen molar-refractivity contribution in [2.45, 2.75) is 33.1 Å². The SMILES string of the molecule is CCCCC1=C(C)[CH]c2ccc(OC)c(-c3ccccc3)c21. The van der Waals surface area contributed by atoms with Crippen molar-refractivity contribution in [3.63, 3.8) is 0 Å². The average Bonchev–Trinajstić information content (AvgIpc) is 2.88. The van der Waals surface area contributed by atoms with Crippen LogP contribution in [0.25, 0.3) is 16.7 Å². The monoisotopic (exact) mass is 291 g/mol. The zero-order valence-corrected chi connectivity index (χ0v) is 13.6. The summed E-state index contributed by atoms with van der Waals surface area (Å²) in [4.78, 5) is 0. The van der Waals surface area contributed by atoms with Crippen LogP contribution in [0.15, 0.2) is 48.0 Å². The number of benzene rings is 2. The molecule has 0 saturated carbocycles. The lowest BCUT2D eigenvalue weighted by Gasteiger charge is -2.17. The van der Waals surface area contributed by atoms with Gasteiger partial charge in [0.1, 0.15) is 5.75 Å². The van der Waals surface area contributed by atoms with E-state index in [0.29, 0.717) is 0 Å². The molecule has 1 aliphatic carbocycles. The maximum atomic E-state index is 5.68. The van der Waals surface area contributed by atoms with E-state index in [1.807, 2.05) is 0 Å². The van der Waals surface area contributed by atoms with E-state index in [4.69, 9.17) is 4.74 Å². The maximum absolute atomic E-state index is 5.68. The van der Waals surface area contributed by atoms with E-state index in [1.54, 1.807) is 7.11 Å². The maximum Gasteiger partial charge on any atom is 0.127 e. The van der Waals surface area contributed by atoms with Gasteiger partial charge in [-0.05, 0) is 48.1 Å². The second-order valence-corrected chi connectivity index (χ2v) is 5.88. The van der Waals surface area contributed by atoms with Crippen molar-refractivity contribution in [2.24, 2.45) is 0 Å². The summed E-state index contributed by atoms with van der Waals surface area (Å²) in [5, 5.41) is 0. The van der Waals surface area contributed by atoms with E-state index in [0.717, 1.165) is 12.2 Å². The molecule has 0 aliphatic heterocycles. The van der Waals surface area contributed by atoms with E-state index < -0.39 is 0 Å². The second kappa shape index (κ2) is 6.39. The molecular formula is C21H23O. The quantitative estimate of drug-likeness (QED) is 0.667. The van der Waals surface area contributed by atoms with Crippen LogP contribution >= 0.6 is 0 Å². The molecule has 0 atom stereocenters. The van der Waals surface area contributed by atoms with Gasteiger partial charge in [-0.1, -0.05) is 55.3 Å². The van der Waals surface area contributed by atoms with E-state index >= 15 is 0 Å². The highest BCUT2D eigenvalue weighted by Gasteiger charge is 2.25. The van der Waals surface area contributed by atoms with Crippen LogP contribution in [0, 0.1) is 6.42 Å². The Labute approximate surface area is 133 Å². The topological polar surface area (TPSA) is 9.23 Å². The average molecular weight is 291 g/mol. The first-order valence-corrected chi connectivity index (χ1v) is 8.07. The third-order valence-corrected chi connectivity index (χ3v) is 4.41. The summed E-state index contributed by atoms with van der Waals surface area (Å²) in [6.07, 6.45) is 5.90. The van der Waals surface area contributed by atoms with Gasteiger partial charge in [0.25, 0.3) is 0 Å². The summed E-state index contributed by atoms with van der Waals surface area (Å²) >= 11 is 0. The Morgan fingerprint density at radius 2 is 1.73 bits per heavy atom. The molecule has 2 aromatic rings. The molecule has 0 heterocycles. The Morgan fingerprint density at radius 3 is 2.41 bits per heavy atom. The standard InChI is InChI=1S/C21H23O/c1-4-5-11-18-15(2)14-17-12-13-19(22-3)21(20(17)18)16-9-7-6-8-10-16/h6-10,12-14H,4-5,11H2,1-3H3. The predicted molar refractivity (Wildman–Crippen MR) is 94.0 cm³/mol. The summed E-state index contributed by atoms with van der Waals surface area (Å²) in [5.74, 6) is 0.960. The zero-order chi connectivity index (χ0) is 15.5. The number of unbranched alkanes of at least 4 members (excludes halogenated alkanes) is 1. The van der Waals surface area contributed by atoms with Gasteiger partial charge < -0.3 is 4.74 Å². The highest BCUT2D eigenvalue weighted by atomic mass is 16.5. The van der Waals surface area contributed by atoms with E-state index in [2.05, 4.69) is 62.7 Å². The van der Waals surface area contributed by atoms with Gasteiger partial charge >= 0.3 is 0 Å². The summed E-state index contributed by atoms with van der Waals surface area (Å²) < 4.78 is 5.68. The molecule has 0 bridgehead atoms. The van der Waals surface area contributed by atoms with Gasteiger partial charge in [-0.25, -0.2) is 0 Å². The molecule has 0 aromatic heterocycles. The minimum absolute atomic E-state index is 0.960. The molecule has 0 N–H and O–H groups in total. The van der Waals surface area contributed by atoms with Crippen LogP contribution in [0.5, 0.6) is 5.75 Å². The lowest BCUT2D eigenvalue weighted by molar-refractivity contribution is 0.416. The summed E-state index contributed by atoms with van der Waals surface area (Å²) in [6.45, 7) is 4.48. The molecule has 0 unspecified atom stereocenters. The first-order valence-electron chi connectivity index (χ1n) is 8.07. The van der Waals surface area contributed by atoms with Crippen LogP contribution in [0.4, 0.5) is 0 Å². The minimum atomic E-state index is 0.960. The fraction of sp³-hybridized carbons (Fsp3) is 0.286. The molecule has 0 spiro atoms. The number of ether oxygens (including phenoxy) is 1. The Balaban J connectivity index is 2.19. The second-order valence-electron chi connectivity index (χ2n) is 5.88. The van der Waals surface area contributed by atoms with E-state index in [9.17, 15) is 0 Å².